The molecule has 0 aliphatic carbocycles. The molecule has 5 aromatic rings. The summed E-state index contributed by atoms with van der Waals surface area (Å²) in [5.41, 5.74) is 4.14. The van der Waals surface area contributed by atoms with Gasteiger partial charge in [0.1, 0.15) is 6.20 Å². The number of nitrogens with one attached hydrogen (secondary N) is 3. The van der Waals surface area contributed by atoms with Gasteiger partial charge < -0.3 is 10.3 Å². The van der Waals surface area contributed by atoms with Crippen molar-refractivity contribution in [3.8, 4) is 11.1 Å². The van der Waals surface area contributed by atoms with E-state index in [1.54, 1.807) is 12.4 Å². The number of rotatable bonds is 3. The minimum atomic E-state index is -4.51. The first-order valence-corrected chi connectivity index (χ1v) is 10.2. The fourth-order valence-electron chi connectivity index (χ4n) is 3.89. The molecule has 2 aromatic heterocycles. The van der Waals surface area contributed by atoms with Crippen LogP contribution < -0.4 is 10.3 Å². The Bertz CT molecular complexity index is 1520. The molecule has 0 radical (unpaired) electrons. The molecule has 0 fully saturated rings. The molecule has 8 heteroatoms. The predicted octanol–water partition coefficient (Wildman–Crippen LogP) is 5.78. The van der Waals surface area contributed by atoms with E-state index in [0.717, 1.165) is 50.8 Å². The summed E-state index contributed by atoms with van der Waals surface area (Å²) >= 11 is 0. The van der Waals surface area contributed by atoms with Crippen LogP contribution in [0.25, 0.3) is 33.1 Å². The van der Waals surface area contributed by atoms with Crippen molar-refractivity contribution in [1.29, 1.82) is 0 Å². The Morgan fingerprint density at radius 3 is 2.70 bits per heavy atom. The normalized spacial score (nSPS) is 11.8. The predicted molar refractivity (Wildman–Crippen MR) is 120 cm³/mol. The maximum absolute atomic E-state index is 13.0. The van der Waals surface area contributed by atoms with E-state index in [-0.39, 0.29) is 5.56 Å². The number of fused-ring (bicyclic) bond motifs is 3. The lowest BCUT2D eigenvalue weighted by atomic mass is 9.98. The summed E-state index contributed by atoms with van der Waals surface area (Å²) in [5.74, 6) is -0.607. The zero-order chi connectivity index (χ0) is 23.2. The van der Waals surface area contributed by atoms with Crippen molar-refractivity contribution in [2.75, 3.05) is 5.32 Å². The number of H-pyrrole nitrogens is 2. The minimum Gasteiger partial charge on any atom is -0.322 e. The summed E-state index contributed by atoms with van der Waals surface area (Å²) in [6, 6.07) is 15.8. The molecule has 164 valence electrons. The standard InChI is InChI=1S/C25H17F3N4O/c1-14-5-7-18(31-24(33)16-3-2-4-17(9-16)25(26,27)28)11-19(14)15-6-8-22-20(10-15)21-12-29-13-30-23(21)32-22/h2-13H,1H3,(H,31,33)(H,29,30,32)/p+1. The highest BCUT2D eigenvalue weighted by Crippen LogP contribution is 2.32. The van der Waals surface area contributed by atoms with Gasteiger partial charge in [-0.25, -0.2) is 4.98 Å². The number of alkyl halides is 3. The van der Waals surface area contributed by atoms with Gasteiger partial charge in [-0.1, -0.05) is 18.2 Å². The molecule has 0 unspecified atom stereocenters. The molecule has 5 rings (SSSR count). The summed E-state index contributed by atoms with van der Waals surface area (Å²) < 4.78 is 39.0. The van der Waals surface area contributed by atoms with Crippen LogP contribution >= 0.6 is 0 Å². The van der Waals surface area contributed by atoms with Gasteiger partial charge in [0, 0.05) is 22.2 Å². The second kappa shape index (κ2) is 7.74. The molecule has 3 N–H and O–H groups in total. The smallest absolute Gasteiger partial charge is 0.322 e. The Labute approximate surface area is 186 Å². The molecule has 0 saturated heterocycles. The van der Waals surface area contributed by atoms with Gasteiger partial charge in [0.2, 0.25) is 0 Å². The fourth-order valence-corrected chi connectivity index (χ4v) is 3.89. The van der Waals surface area contributed by atoms with Gasteiger partial charge in [-0.2, -0.15) is 13.2 Å². The summed E-state index contributed by atoms with van der Waals surface area (Å²) in [5, 5.41) is 4.67. The third-order valence-electron chi connectivity index (χ3n) is 5.57. The van der Waals surface area contributed by atoms with Crippen molar-refractivity contribution in [2.45, 2.75) is 13.1 Å². The first-order valence-electron chi connectivity index (χ1n) is 10.2. The quantitative estimate of drug-likeness (QED) is 0.368. The molecule has 0 atom stereocenters. The van der Waals surface area contributed by atoms with Crippen LogP contribution in [0.2, 0.25) is 0 Å². The third kappa shape index (κ3) is 3.91. The SMILES string of the molecule is Cc1ccc(NC(=O)c2cccc(C(F)(F)F)c2)cc1-c1ccc2[nH]c3nc[nH+]cc3c2c1. The Morgan fingerprint density at radius 1 is 1.03 bits per heavy atom. The monoisotopic (exact) mass is 447 g/mol. The van der Waals surface area contributed by atoms with Crippen molar-refractivity contribution in [3.05, 3.63) is 89.9 Å². The number of aryl methyl sites for hydroxylation is 1. The van der Waals surface area contributed by atoms with Gasteiger partial charge in [-0.3, -0.25) is 4.79 Å². The first kappa shape index (κ1) is 20.7. The van der Waals surface area contributed by atoms with Crippen molar-refractivity contribution >= 4 is 33.5 Å². The number of nitrogens with zero attached hydrogens (tertiary/aromatic N) is 1. The van der Waals surface area contributed by atoms with E-state index < -0.39 is 17.6 Å². The number of hydrogen-bond acceptors (Lipinski definition) is 2. The van der Waals surface area contributed by atoms with Crippen LogP contribution in [-0.2, 0) is 6.18 Å². The summed E-state index contributed by atoms with van der Waals surface area (Å²) in [7, 11) is 0. The number of hydrogen-bond donors (Lipinski definition) is 2. The number of anilines is 1. The van der Waals surface area contributed by atoms with E-state index in [1.807, 2.05) is 43.5 Å². The van der Waals surface area contributed by atoms with E-state index in [2.05, 4.69) is 20.3 Å². The lowest BCUT2D eigenvalue weighted by Gasteiger charge is -2.12. The number of aromatic nitrogens is 3. The lowest BCUT2D eigenvalue weighted by Crippen LogP contribution is -2.14. The zero-order valence-electron chi connectivity index (χ0n) is 17.4. The number of carbonyl (C=O) groups excluding carboxylic acids is 1. The number of halogens is 3. The summed E-state index contributed by atoms with van der Waals surface area (Å²) in [6.45, 7) is 1.96. The van der Waals surface area contributed by atoms with Gasteiger partial charge in [0.25, 0.3) is 17.9 Å². The van der Waals surface area contributed by atoms with Crippen molar-refractivity contribution in [3.63, 3.8) is 0 Å². The minimum absolute atomic E-state index is 0.0593. The number of benzene rings is 3. The molecule has 0 aliphatic rings. The summed E-state index contributed by atoms with van der Waals surface area (Å²) in [6.07, 6.45) is -1.02. The lowest BCUT2D eigenvalue weighted by molar-refractivity contribution is -0.380. The highest BCUT2D eigenvalue weighted by Gasteiger charge is 2.30. The van der Waals surface area contributed by atoms with Crippen LogP contribution in [0.3, 0.4) is 0 Å². The molecular formula is C25H18F3N4O+. The van der Waals surface area contributed by atoms with Gasteiger partial charge in [0.05, 0.1) is 10.9 Å². The van der Waals surface area contributed by atoms with Gasteiger partial charge in [-0.05, 0) is 71.1 Å². The molecule has 0 bridgehead atoms. The van der Waals surface area contributed by atoms with E-state index in [4.69, 9.17) is 0 Å². The molecule has 2 heterocycles. The van der Waals surface area contributed by atoms with Crippen molar-refractivity contribution < 1.29 is 22.9 Å². The van der Waals surface area contributed by atoms with Gasteiger partial charge >= 0.3 is 6.18 Å². The molecule has 5 nitrogen and oxygen atoms in total. The van der Waals surface area contributed by atoms with E-state index in [9.17, 15) is 18.0 Å². The first-order chi connectivity index (χ1) is 15.8. The highest BCUT2D eigenvalue weighted by atomic mass is 19.4. The topological polar surface area (TPSA) is 71.9 Å². The largest absolute Gasteiger partial charge is 0.416 e. The Morgan fingerprint density at radius 2 is 1.88 bits per heavy atom. The van der Waals surface area contributed by atoms with Crippen molar-refractivity contribution in [2.24, 2.45) is 0 Å². The van der Waals surface area contributed by atoms with Crippen LogP contribution in [0, 0.1) is 6.92 Å². The van der Waals surface area contributed by atoms with Crippen LogP contribution in [0.4, 0.5) is 18.9 Å². The van der Waals surface area contributed by atoms with Crippen LogP contribution in [0.5, 0.6) is 0 Å². The average molecular weight is 447 g/mol. The molecule has 0 aliphatic heterocycles. The Hall–Kier alpha value is -4.20. The average Bonchev–Trinajstić information content (AvgIpc) is 3.18. The van der Waals surface area contributed by atoms with E-state index in [1.165, 1.54) is 12.1 Å². The summed E-state index contributed by atoms with van der Waals surface area (Å²) in [4.78, 5) is 23.2. The van der Waals surface area contributed by atoms with E-state index >= 15 is 0 Å². The highest BCUT2D eigenvalue weighted by molar-refractivity contribution is 6.07. The number of carbonyl (C=O) groups is 1. The molecule has 3 aromatic carbocycles. The zero-order valence-corrected chi connectivity index (χ0v) is 17.4. The molecule has 0 spiro atoms. The molecule has 1 amide bonds. The van der Waals surface area contributed by atoms with Crippen molar-refractivity contribution in [1.82, 2.24) is 9.97 Å². The number of amides is 1. The van der Waals surface area contributed by atoms with Gasteiger partial charge in [-0.15, -0.1) is 0 Å². The van der Waals surface area contributed by atoms with E-state index in [0.29, 0.717) is 5.69 Å². The fraction of sp³-hybridized carbons (Fsp3) is 0.0800. The Balaban J connectivity index is 1.49. The maximum atomic E-state index is 13.0. The maximum Gasteiger partial charge on any atom is 0.416 e. The van der Waals surface area contributed by atoms with Gasteiger partial charge in [0.15, 0.2) is 0 Å². The Kier molecular flexibility index (Phi) is 4.85. The second-order valence-corrected chi connectivity index (χ2v) is 7.78. The van der Waals surface area contributed by atoms with Crippen LogP contribution in [0.1, 0.15) is 21.5 Å². The number of aromatic amines is 2. The third-order valence-corrected chi connectivity index (χ3v) is 5.57. The second-order valence-electron chi connectivity index (χ2n) is 7.78. The van der Waals surface area contributed by atoms with Crippen LogP contribution in [-0.4, -0.2) is 15.9 Å². The molecule has 33 heavy (non-hydrogen) atoms. The molecular weight excluding hydrogens is 429 g/mol. The molecule has 0 saturated carbocycles. The van der Waals surface area contributed by atoms with Crippen LogP contribution in [0.15, 0.2) is 73.2 Å².